The highest BCUT2D eigenvalue weighted by molar-refractivity contribution is 5.42. The van der Waals surface area contributed by atoms with Crippen LogP contribution < -0.4 is 4.74 Å². The molecule has 1 aromatic rings. The summed E-state index contributed by atoms with van der Waals surface area (Å²) in [6, 6.07) is 6.46. The number of benzene rings is 1. The van der Waals surface area contributed by atoms with Gasteiger partial charge in [0.2, 0.25) is 0 Å². The number of hydrogen-bond donors (Lipinski definition) is 0. The molecule has 0 fully saturated rings. The molecule has 0 heterocycles. The molecule has 0 aliphatic rings. The fraction of sp³-hybridized carbons (Fsp3) is 0.529. The lowest BCUT2D eigenvalue weighted by atomic mass is 9.83. The molecule has 0 saturated heterocycles. The monoisotopic (exact) mass is 244 g/mol. The summed E-state index contributed by atoms with van der Waals surface area (Å²) in [7, 11) is 1.73. The maximum absolute atomic E-state index is 5.46. The standard InChI is InChI=1S/C17H24O/c1-7-9-13(8-2)14-10-11-16(18-6)15(12-14)17(3,4)5/h1,10-13H,8-9H2,2-6H3. The molecule has 1 heteroatoms. The molecule has 1 aromatic carbocycles. The van der Waals surface area contributed by atoms with E-state index in [2.05, 4.69) is 51.8 Å². The Bertz CT molecular complexity index is 432. The topological polar surface area (TPSA) is 9.23 Å². The van der Waals surface area contributed by atoms with Gasteiger partial charge in [0.05, 0.1) is 7.11 Å². The van der Waals surface area contributed by atoms with E-state index in [0.717, 1.165) is 18.6 Å². The van der Waals surface area contributed by atoms with E-state index in [1.54, 1.807) is 7.11 Å². The van der Waals surface area contributed by atoms with Crippen LogP contribution in [-0.2, 0) is 5.41 Å². The minimum atomic E-state index is 0.0792. The summed E-state index contributed by atoms with van der Waals surface area (Å²) in [5.74, 6) is 4.18. The summed E-state index contributed by atoms with van der Waals surface area (Å²) in [4.78, 5) is 0. The van der Waals surface area contributed by atoms with Crippen molar-refractivity contribution in [2.45, 2.75) is 51.9 Å². The van der Waals surface area contributed by atoms with Gasteiger partial charge in [-0.25, -0.2) is 0 Å². The van der Waals surface area contributed by atoms with Gasteiger partial charge in [-0.05, 0) is 34.9 Å². The molecule has 0 amide bonds. The molecule has 98 valence electrons. The molecule has 0 N–H and O–H groups in total. The molecule has 0 radical (unpaired) electrons. The Kier molecular flexibility index (Phi) is 4.84. The van der Waals surface area contributed by atoms with E-state index in [1.165, 1.54) is 11.1 Å². The van der Waals surface area contributed by atoms with Crippen molar-refractivity contribution in [3.05, 3.63) is 29.3 Å². The highest BCUT2D eigenvalue weighted by Gasteiger charge is 2.20. The first kappa shape index (κ1) is 14.6. The van der Waals surface area contributed by atoms with E-state index in [-0.39, 0.29) is 5.41 Å². The maximum atomic E-state index is 5.46. The first-order valence-corrected chi connectivity index (χ1v) is 6.55. The van der Waals surface area contributed by atoms with Crippen molar-refractivity contribution in [3.63, 3.8) is 0 Å². The number of terminal acetylenes is 1. The molecule has 0 bridgehead atoms. The third-order valence-corrected chi connectivity index (χ3v) is 3.36. The molecule has 18 heavy (non-hydrogen) atoms. The van der Waals surface area contributed by atoms with E-state index < -0.39 is 0 Å². The maximum Gasteiger partial charge on any atom is 0.122 e. The van der Waals surface area contributed by atoms with Gasteiger partial charge in [-0.3, -0.25) is 0 Å². The largest absolute Gasteiger partial charge is 0.496 e. The third kappa shape index (κ3) is 3.29. The van der Waals surface area contributed by atoms with Crippen LogP contribution >= 0.6 is 0 Å². The van der Waals surface area contributed by atoms with Gasteiger partial charge in [0.25, 0.3) is 0 Å². The average molecular weight is 244 g/mol. The van der Waals surface area contributed by atoms with Crippen LogP contribution in [0, 0.1) is 12.3 Å². The Morgan fingerprint density at radius 2 is 2.00 bits per heavy atom. The van der Waals surface area contributed by atoms with Gasteiger partial charge >= 0.3 is 0 Å². The summed E-state index contributed by atoms with van der Waals surface area (Å²) < 4.78 is 5.46. The van der Waals surface area contributed by atoms with Crippen molar-refractivity contribution in [2.75, 3.05) is 7.11 Å². The quantitative estimate of drug-likeness (QED) is 0.708. The predicted molar refractivity (Wildman–Crippen MR) is 78.2 cm³/mol. The zero-order chi connectivity index (χ0) is 13.8. The zero-order valence-electron chi connectivity index (χ0n) is 12.2. The molecule has 0 saturated carbocycles. The minimum absolute atomic E-state index is 0.0792. The Morgan fingerprint density at radius 3 is 2.44 bits per heavy atom. The second-order valence-electron chi connectivity index (χ2n) is 5.72. The van der Waals surface area contributed by atoms with Gasteiger partial charge < -0.3 is 4.74 Å². The van der Waals surface area contributed by atoms with Crippen LogP contribution in [0.15, 0.2) is 18.2 Å². The molecule has 0 aliphatic heterocycles. The zero-order valence-corrected chi connectivity index (χ0v) is 12.2. The number of hydrogen-bond acceptors (Lipinski definition) is 1. The Labute approximate surface area is 112 Å². The second-order valence-corrected chi connectivity index (χ2v) is 5.72. The van der Waals surface area contributed by atoms with Crippen molar-refractivity contribution in [1.29, 1.82) is 0 Å². The van der Waals surface area contributed by atoms with Gasteiger partial charge in [0, 0.05) is 6.42 Å². The Morgan fingerprint density at radius 1 is 1.33 bits per heavy atom. The lowest BCUT2D eigenvalue weighted by Crippen LogP contribution is -2.14. The van der Waals surface area contributed by atoms with E-state index in [4.69, 9.17) is 11.2 Å². The van der Waals surface area contributed by atoms with Crippen LogP contribution in [0.4, 0.5) is 0 Å². The SMILES string of the molecule is C#CCC(CC)c1ccc(OC)c(C(C)(C)C)c1. The number of methoxy groups -OCH3 is 1. The van der Waals surface area contributed by atoms with Crippen molar-refractivity contribution in [1.82, 2.24) is 0 Å². The predicted octanol–water partition coefficient (Wildman–Crippen LogP) is 4.51. The first-order chi connectivity index (χ1) is 8.43. The summed E-state index contributed by atoms with van der Waals surface area (Å²) >= 11 is 0. The molecule has 0 aliphatic carbocycles. The first-order valence-electron chi connectivity index (χ1n) is 6.55. The normalized spacial score (nSPS) is 12.9. The molecule has 0 spiro atoms. The molecule has 1 rings (SSSR count). The second kappa shape index (κ2) is 5.96. The van der Waals surface area contributed by atoms with Crippen molar-refractivity contribution in [2.24, 2.45) is 0 Å². The fourth-order valence-corrected chi connectivity index (χ4v) is 2.21. The van der Waals surface area contributed by atoms with Crippen LogP contribution in [0.2, 0.25) is 0 Å². The molecule has 1 nitrogen and oxygen atoms in total. The summed E-state index contributed by atoms with van der Waals surface area (Å²) in [6.07, 6.45) is 7.32. The van der Waals surface area contributed by atoms with Gasteiger partial charge in [-0.2, -0.15) is 0 Å². The Balaban J connectivity index is 3.22. The van der Waals surface area contributed by atoms with Crippen molar-refractivity contribution in [3.8, 4) is 18.1 Å². The Hall–Kier alpha value is -1.42. The van der Waals surface area contributed by atoms with Crippen LogP contribution in [-0.4, -0.2) is 7.11 Å². The highest BCUT2D eigenvalue weighted by atomic mass is 16.5. The van der Waals surface area contributed by atoms with Gasteiger partial charge in [0.15, 0.2) is 0 Å². The van der Waals surface area contributed by atoms with E-state index in [1.807, 2.05) is 0 Å². The van der Waals surface area contributed by atoms with Crippen molar-refractivity contribution < 1.29 is 4.74 Å². The van der Waals surface area contributed by atoms with E-state index in [0.29, 0.717) is 5.92 Å². The highest BCUT2D eigenvalue weighted by Crippen LogP contribution is 2.35. The average Bonchev–Trinajstić information content (AvgIpc) is 2.34. The third-order valence-electron chi connectivity index (χ3n) is 3.36. The molecule has 1 unspecified atom stereocenters. The van der Waals surface area contributed by atoms with E-state index >= 15 is 0 Å². The van der Waals surface area contributed by atoms with Crippen LogP contribution in [0.1, 0.15) is 57.6 Å². The number of ether oxygens (including phenoxy) is 1. The summed E-state index contributed by atoms with van der Waals surface area (Å²) in [5.41, 5.74) is 2.65. The lowest BCUT2D eigenvalue weighted by molar-refractivity contribution is 0.397. The molecule has 0 aromatic heterocycles. The molecule has 1 atom stereocenters. The smallest absolute Gasteiger partial charge is 0.122 e. The van der Waals surface area contributed by atoms with Crippen molar-refractivity contribution >= 4 is 0 Å². The minimum Gasteiger partial charge on any atom is -0.496 e. The summed E-state index contributed by atoms with van der Waals surface area (Å²) in [6.45, 7) is 8.80. The number of rotatable bonds is 4. The van der Waals surface area contributed by atoms with Gasteiger partial charge in [0.1, 0.15) is 5.75 Å². The van der Waals surface area contributed by atoms with Crippen LogP contribution in [0.25, 0.3) is 0 Å². The van der Waals surface area contributed by atoms with Gasteiger partial charge in [-0.15, -0.1) is 12.3 Å². The van der Waals surface area contributed by atoms with Crippen LogP contribution in [0.5, 0.6) is 5.75 Å². The van der Waals surface area contributed by atoms with E-state index in [9.17, 15) is 0 Å². The van der Waals surface area contributed by atoms with Crippen LogP contribution in [0.3, 0.4) is 0 Å². The van der Waals surface area contributed by atoms with Gasteiger partial charge in [-0.1, -0.05) is 39.8 Å². The molecular weight excluding hydrogens is 220 g/mol. The summed E-state index contributed by atoms with van der Waals surface area (Å²) in [5, 5.41) is 0. The lowest BCUT2D eigenvalue weighted by Gasteiger charge is -2.24. The molecular formula is C17H24O. The fourth-order valence-electron chi connectivity index (χ4n) is 2.21.